The van der Waals surface area contributed by atoms with Crippen LogP contribution in [0.3, 0.4) is 0 Å². The van der Waals surface area contributed by atoms with Crippen molar-refractivity contribution in [3.63, 3.8) is 0 Å². The van der Waals surface area contributed by atoms with Gasteiger partial charge < -0.3 is 10.5 Å². The van der Waals surface area contributed by atoms with Gasteiger partial charge in [0, 0.05) is 11.8 Å². The summed E-state index contributed by atoms with van der Waals surface area (Å²) in [7, 11) is 1.38. The van der Waals surface area contributed by atoms with Crippen LogP contribution in [0, 0.1) is 12.3 Å². The summed E-state index contributed by atoms with van der Waals surface area (Å²) in [6.45, 7) is 5.99. The molecule has 0 aliphatic rings. The third-order valence-corrected chi connectivity index (χ3v) is 2.28. The standard InChI is InChI=1S/C10H17N3O2/c1-7-5-8(11)12-13(7)6-10(2,3)9(14)15-4/h5H,6H2,1-4H3,(H2,11,12). The van der Waals surface area contributed by atoms with E-state index in [0.29, 0.717) is 12.4 Å². The number of carbonyl (C=O) groups excluding carboxylic acids is 1. The number of rotatable bonds is 3. The first-order valence-corrected chi connectivity index (χ1v) is 4.75. The zero-order chi connectivity index (χ0) is 11.6. The first-order chi connectivity index (χ1) is 6.86. The molecule has 1 aromatic rings. The van der Waals surface area contributed by atoms with Crippen LogP contribution in [0.5, 0.6) is 0 Å². The maximum atomic E-state index is 11.5. The summed E-state index contributed by atoms with van der Waals surface area (Å²) >= 11 is 0. The van der Waals surface area contributed by atoms with E-state index in [-0.39, 0.29) is 5.97 Å². The van der Waals surface area contributed by atoms with Crippen molar-refractivity contribution in [2.45, 2.75) is 27.3 Å². The number of carbonyl (C=O) groups is 1. The third-order valence-electron chi connectivity index (χ3n) is 2.28. The lowest BCUT2D eigenvalue weighted by Crippen LogP contribution is -2.31. The summed E-state index contributed by atoms with van der Waals surface area (Å²) < 4.78 is 6.44. The fourth-order valence-electron chi connectivity index (χ4n) is 1.41. The van der Waals surface area contributed by atoms with Gasteiger partial charge in [-0.1, -0.05) is 0 Å². The SMILES string of the molecule is COC(=O)C(C)(C)Cn1nc(N)cc1C. The highest BCUT2D eigenvalue weighted by molar-refractivity contribution is 5.75. The molecule has 84 valence electrons. The number of ether oxygens (including phenoxy) is 1. The number of aromatic nitrogens is 2. The van der Waals surface area contributed by atoms with Crippen LogP contribution in [-0.4, -0.2) is 22.9 Å². The average Bonchev–Trinajstić information content (AvgIpc) is 2.43. The van der Waals surface area contributed by atoms with Crippen molar-refractivity contribution >= 4 is 11.8 Å². The predicted octanol–water partition coefficient (Wildman–Crippen LogP) is 0.973. The van der Waals surface area contributed by atoms with Crippen molar-refractivity contribution in [1.29, 1.82) is 0 Å². The Morgan fingerprint density at radius 3 is 2.67 bits per heavy atom. The molecular formula is C10H17N3O2. The van der Waals surface area contributed by atoms with E-state index < -0.39 is 5.41 Å². The fraction of sp³-hybridized carbons (Fsp3) is 0.600. The number of hydrogen-bond donors (Lipinski definition) is 1. The summed E-state index contributed by atoms with van der Waals surface area (Å²) in [5.74, 6) is 0.212. The van der Waals surface area contributed by atoms with Crippen LogP contribution >= 0.6 is 0 Å². The molecule has 15 heavy (non-hydrogen) atoms. The Labute approximate surface area is 89.2 Å². The molecule has 0 aliphatic carbocycles. The van der Waals surface area contributed by atoms with Crippen molar-refractivity contribution in [3.8, 4) is 0 Å². The molecule has 1 heterocycles. The number of aryl methyl sites for hydroxylation is 1. The summed E-state index contributed by atoms with van der Waals surface area (Å²) in [6, 6.07) is 1.77. The van der Waals surface area contributed by atoms with Gasteiger partial charge in [-0.05, 0) is 20.8 Å². The molecule has 0 aromatic carbocycles. The van der Waals surface area contributed by atoms with Crippen LogP contribution in [0.4, 0.5) is 5.82 Å². The van der Waals surface area contributed by atoms with Crippen LogP contribution in [0.15, 0.2) is 6.07 Å². The second-order valence-electron chi connectivity index (χ2n) is 4.24. The Hall–Kier alpha value is -1.52. The highest BCUT2D eigenvalue weighted by Crippen LogP contribution is 2.21. The maximum Gasteiger partial charge on any atom is 0.313 e. The van der Waals surface area contributed by atoms with Crippen LogP contribution in [-0.2, 0) is 16.1 Å². The van der Waals surface area contributed by atoms with Crippen LogP contribution in [0.1, 0.15) is 19.5 Å². The number of nitrogens with two attached hydrogens (primary N) is 1. The quantitative estimate of drug-likeness (QED) is 0.756. The van der Waals surface area contributed by atoms with Gasteiger partial charge in [-0.15, -0.1) is 0 Å². The van der Waals surface area contributed by atoms with E-state index in [1.165, 1.54) is 7.11 Å². The Kier molecular flexibility index (Phi) is 3.02. The highest BCUT2D eigenvalue weighted by Gasteiger charge is 2.30. The van der Waals surface area contributed by atoms with Crippen LogP contribution in [0.2, 0.25) is 0 Å². The second kappa shape index (κ2) is 3.92. The van der Waals surface area contributed by atoms with Gasteiger partial charge in [-0.2, -0.15) is 5.10 Å². The van der Waals surface area contributed by atoms with Gasteiger partial charge in [-0.3, -0.25) is 9.48 Å². The molecule has 0 amide bonds. The Morgan fingerprint density at radius 2 is 2.27 bits per heavy atom. The lowest BCUT2D eigenvalue weighted by Gasteiger charge is -2.21. The minimum Gasteiger partial charge on any atom is -0.469 e. The van der Waals surface area contributed by atoms with Crippen molar-refractivity contribution in [3.05, 3.63) is 11.8 Å². The second-order valence-corrected chi connectivity index (χ2v) is 4.24. The molecule has 0 bridgehead atoms. The first-order valence-electron chi connectivity index (χ1n) is 4.75. The first kappa shape index (κ1) is 11.6. The molecule has 0 fully saturated rings. The molecule has 0 unspecified atom stereocenters. The molecule has 0 saturated heterocycles. The average molecular weight is 211 g/mol. The molecule has 0 saturated carbocycles. The van der Waals surface area contributed by atoms with E-state index >= 15 is 0 Å². The lowest BCUT2D eigenvalue weighted by atomic mass is 9.94. The van der Waals surface area contributed by atoms with Gasteiger partial charge in [0.2, 0.25) is 0 Å². The van der Waals surface area contributed by atoms with Gasteiger partial charge >= 0.3 is 5.97 Å². The van der Waals surface area contributed by atoms with E-state index in [1.54, 1.807) is 10.7 Å². The largest absolute Gasteiger partial charge is 0.469 e. The van der Waals surface area contributed by atoms with Gasteiger partial charge in [0.05, 0.1) is 19.1 Å². The summed E-state index contributed by atoms with van der Waals surface area (Å²) in [5.41, 5.74) is 5.89. The van der Waals surface area contributed by atoms with Crippen LogP contribution < -0.4 is 5.73 Å². The smallest absolute Gasteiger partial charge is 0.313 e. The fourth-order valence-corrected chi connectivity index (χ4v) is 1.41. The molecule has 0 atom stereocenters. The molecule has 0 aliphatic heterocycles. The lowest BCUT2D eigenvalue weighted by molar-refractivity contribution is -0.151. The number of hydrogen-bond acceptors (Lipinski definition) is 4. The third kappa shape index (κ3) is 2.49. The molecule has 5 heteroatoms. The Balaban J connectivity index is 2.85. The molecule has 1 rings (SSSR count). The van der Waals surface area contributed by atoms with Gasteiger partial charge in [0.1, 0.15) is 5.82 Å². The van der Waals surface area contributed by atoms with E-state index in [4.69, 9.17) is 10.5 Å². The summed E-state index contributed by atoms with van der Waals surface area (Å²) in [4.78, 5) is 11.5. The van der Waals surface area contributed by atoms with E-state index in [0.717, 1.165) is 5.69 Å². The Bertz CT molecular complexity index is 369. The van der Waals surface area contributed by atoms with E-state index in [2.05, 4.69) is 5.10 Å². The normalized spacial score (nSPS) is 11.5. The minimum atomic E-state index is -0.599. The van der Waals surface area contributed by atoms with Gasteiger partial charge in [0.15, 0.2) is 0 Å². The number of nitrogens with zero attached hydrogens (tertiary/aromatic N) is 2. The van der Waals surface area contributed by atoms with Crippen molar-refractivity contribution in [2.75, 3.05) is 12.8 Å². The van der Waals surface area contributed by atoms with Crippen molar-refractivity contribution in [2.24, 2.45) is 5.41 Å². The molecule has 0 spiro atoms. The molecule has 2 N–H and O–H groups in total. The highest BCUT2D eigenvalue weighted by atomic mass is 16.5. The summed E-state index contributed by atoms with van der Waals surface area (Å²) in [6.07, 6.45) is 0. The molecular weight excluding hydrogens is 194 g/mol. The number of methoxy groups -OCH3 is 1. The zero-order valence-corrected chi connectivity index (χ0v) is 9.57. The Morgan fingerprint density at radius 1 is 1.67 bits per heavy atom. The van der Waals surface area contributed by atoms with E-state index in [9.17, 15) is 4.79 Å². The number of esters is 1. The molecule has 1 aromatic heterocycles. The number of nitrogen functional groups attached to an aromatic ring is 1. The number of anilines is 1. The van der Waals surface area contributed by atoms with E-state index in [1.807, 2.05) is 20.8 Å². The van der Waals surface area contributed by atoms with Crippen LogP contribution in [0.25, 0.3) is 0 Å². The van der Waals surface area contributed by atoms with Gasteiger partial charge in [-0.25, -0.2) is 0 Å². The van der Waals surface area contributed by atoms with Crippen molar-refractivity contribution in [1.82, 2.24) is 9.78 Å². The summed E-state index contributed by atoms with van der Waals surface area (Å²) in [5, 5.41) is 4.10. The van der Waals surface area contributed by atoms with Gasteiger partial charge in [0.25, 0.3) is 0 Å². The van der Waals surface area contributed by atoms with Crippen molar-refractivity contribution < 1.29 is 9.53 Å². The monoisotopic (exact) mass is 211 g/mol. The molecule has 0 radical (unpaired) electrons. The minimum absolute atomic E-state index is 0.254. The zero-order valence-electron chi connectivity index (χ0n) is 9.57. The molecule has 5 nitrogen and oxygen atoms in total. The topological polar surface area (TPSA) is 70.1 Å². The predicted molar refractivity (Wildman–Crippen MR) is 57.2 cm³/mol. The maximum absolute atomic E-state index is 11.5.